The molecule has 32 heavy (non-hydrogen) atoms. The Kier molecular flexibility index (Phi) is 5.90. The van der Waals surface area contributed by atoms with Crippen molar-refractivity contribution in [3.8, 4) is 11.5 Å². The monoisotopic (exact) mass is 470 g/mol. The standard InChI is InChI=1S/C23H19ClN2O5S/c1-12-19(22(29)31-3)20(15-11-14(24)8-9-17(15)30-2)26-21(28)18(32-23(26)25-12)10-13-6-4-5-7-16(13)27/h4-11,20,27H,1-3H3/b18-10-/t20-/m0/s1. The Morgan fingerprint density at radius 3 is 2.69 bits per heavy atom. The molecule has 9 heteroatoms. The highest BCUT2D eigenvalue weighted by atomic mass is 35.5. The molecule has 1 N–H and O–H groups in total. The van der Waals surface area contributed by atoms with Crippen molar-refractivity contribution in [3.05, 3.63) is 89.6 Å². The second-order valence-corrected chi connectivity index (χ2v) is 8.46. The predicted octanol–water partition coefficient (Wildman–Crippen LogP) is 2.78. The second kappa shape index (κ2) is 8.64. The highest BCUT2D eigenvalue weighted by molar-refractivity contribution is 7.07. The number of para-hydroxylation sites is 1. The number of hydrogen-bond acceptors (Lipinski definition) is 7. The van der Waals surface area contributed by atoms with E-state index in [-0.39, 0.29) is 16.9 Å². The van der Waals surface area contributed by atoms with E-state index in [0.717, 1.165) is 11.3 Å². The maximum atomic E-state index is 13.5. The van der Waals surface area contributed by atoms with Crippen molar-refractivity contribution >= 4 is 35.0 Å². The number of carbonyl (C=O) groups excluding carboxylic acids is 1. The summed E-state index contributed by atoms with van der Waals surface area (Å²) in [6.07, 6.45) is 1.60. The number of phenols is 1. The van der Waals surface area contributed by atoms with Crippen molar-refractivity contribution in [3.63, 3.8) is 0 Å². The molecule has 1 aliphatic rings. The van der Waals surface area contributed by atoms with Gasteiger partial charge in [-0.1, -0.05) is 41.1 Å². The zero-order chi connectivity index (χ0) is 23.0. The molecule has 0 amide bonds. The number of carbonyl (C=O) groups is 1. The minimum atomic E-state index is -0.848. The predicted molar refractivity (Wildman–Crippen MR) is 122 cm³/mol. The lowest BCUT2D eigenvalue weighted by molar-refractivity contribution is -0.136. The molecule has 1 atom stereocenters. The number of methoxy groups -OCH3 is 2. The summed E-state index contributed by atoms with van der Waals surface area (Å²) in [6, 6.07) is 10.9. The first-order valence-electron chi connectivity index (χ1n) is 9.58. The summed E-state index contributed by atoms with van der Waals surface area (Å²) >= 11 is 7.42. The van der Waals surface area contributed by atoms with E-state index in [4.69, 9.17) is 21.1 Å². The van der Waals surface area contributed by atoms with Crippen molar-refractivity contribution < 1.29 is 19.4 Å². The van der Waals surface area contributed by atoms with Gasteiger partial charge in [-0.2, -0.15) is 0 Å². The van der Waals surface area contributed by atoms with Crippen LogP contribution in [0, 0.1) is 0 Å². The molecular formula is C23H19ClN2O5S. The van der Waals surface area contributed by atoms with Crippen LogP contribution in [0.3, 0.4) is 0 Å². The van der Waals surface area contributed by atoms with E-state index < -0.39 is 12.0 Å². The Bertz CT molecular complexity index is 1440. The summed E-state index contributed by atoms with van der Waals surface area (Å²) < 4.78 is 12.3. The largest absolute Gasteiger partial charge is 0.507 e. The first-order chi connectivity index (χ1) is 15.3. The van der Waals surface area contributed by atoms with Crippen molar-refractivity contribution in [2.45, 2.75) is 13.0 Å². The average molecular weight is 471 g/mol. The van der Waals surface area contributed by atoms with Gasteiger partial charge in [0.25, 0.3) is 5.56 Å². The topological polar surface area (TPSA) is 90.1 Å². The first-order valence-corrected chi connectivity index (χ1v) is 10.8. The van der Waals surface area contributed by atoms with Crippen LogP contribution in [0.1, 0.15) is 24.1 Å². The number of nitrogens with zero attached hydrogens (tertiary/aromatic N) is 2. The molecule has 0 aliphatic carbocycles. The number of hydrogen-bond donors (Lipinski definition) is 1. The molecule has 3 aromatic rings. The summed E-state index contributed by atoms with van der Waals surface area (Å²) in [5, 5.41) is 10.6. The van der Waals surface area contributed by atoms with E-state index >= 15 is 0 Å². The molecular weight excluding hydrogens is 452 g/mol. The van der Waals surface area contributed by atoms with E-state index in [1.54, 1.807) is 55.5 Å². The normalized spacial score (nSPS) is 15.9. The van der Waals surface area contributed by atoms with Gasteiger partial charge in [0.1, 0.15) is 17.5 Å². The van der Waals surface area contributed by atoms with Gasteiger partial charge in [0, 0.05) is 16.1 Å². The van der Waals surface area contributed by atoms with Gasteiger partial charge in [0.15, 0.2) is 4.80 Å². The molecule has 2 heterocycles. The highest BCUT2D eigenvalue weighted by Gasteiger charge is 2.35. The number of aromatic nitrogens is 1. The zero-order valence-electron chi connectivity index (χ0n) is 17.5. The lowest BCUT2D eigenvalue weighted by atomic mass is 9.95. The van der Waals surface area contributed by atoms with Crippen molar-refractivity contribution in [2.24, 2.45) is 4.99 Å². The Labute approximate surface area is 192 Å². The van der Waals surface area contributed by atoms with E-state index in [1.165, 1.54) is 18.8 Å². The van der Waals surface area contributed by atoms with Crippen LogP contribution in [0.25, 0.3) is 6.08 Å². The van der Waals surface area contributed by atoms with Gasteiger partial charge in [-0.3, -0.25) is 9.36 Å². The number of benzene rings is 2. The van der Waals surface area contributed by atoms with Gasteiger partial charge in [-0.05, 0) is 37.3 Å². The van der Waals surface area contributed by atoms with Crippen LogP contribution in [0.5, 0.6) is 11.5 Å². The van der Waals surface area contributed by atoms with Crippen LogP contribution in [0.4, 0.5) is 0 Å². The van der Waals surface area contributed by atoms with Crippen LogP contribution in [-0.2, 0) is 9.53 Å². The Morgan fingerprint density at radius 1 is 1.25 bits per heavy atom. The minimum absolute atomic E-state index is 0.0535. The number of allylic oxidation sites excluding steroid dienone is 1. The first kappa shape index (κ1) is 21.9. The smallest absolute Gasteiger partial charge is 0.338 e. The van der Waals surface area contributed by atoms with Crippen molar-refractivity contribution in [2.75, 3.05) is 14.2 Å². The van der Waals surface area contributed by atoms with Crippen LogP contribution >= 0.6 is 22.9 Å². The van der Waals surface area contributed by atoms with Crippen molar-refractivity contribution in [1.29, 1.82) is 0 Å². The lowest BCUT2D eigenvalue weighted by Gasteiger charge is -2.25. The van der Waals surface area contributed by atoms with Gasteiger partial charge in [0.05, 0.1) is 30.0 Å². The number of phenolic OH excluding ortho intramolecular Hbond substituents is 1. The number of rotatable bonds is 4. The van der Waals surface area contributed by atoms with Gasteiger partial charge < -0.3 is 14.6 Å². The number of thiazole rings is 1. The molecule has 0 spiro atoms. The summed E-state index contributed by atoms with van der Waals surface area (Å²) in [6.45, 7) is 1.69. The van der Waals surface area contributed by atoms with Crippen LogP contribution in [0.15, 0.2) is 63.5 Å². The Balaban J connectivity index is 2.05. The molecule has 2 aromatic carbocycles. The SMILES string of the molecule is COC(=O)C1=C(C)N=c2s/c(=C\c3ccccc3O)c(=O)n2[C@H]1c1cc(Cl)ccc1OC. The molecule has 0 radical (unpaired) electrons. The van der Waals surface area contributed by atoms with Gasteiger partial charge in [0.2, 0.25) is 0 Å². The number of ether oxygens (including phenoxy) is 2. The molecule has 4 rings (SSSR count). The van der Waals surface area contributed by atoms with Gasteiger partial charge >= 0.3 is 5.97 Å². The number of esters is 1. The van der Waals surface area contributed by atoms with E-state index in [0.29, 0.717) is 36.9 Å². The number of aromatic hydroxyl groups is 1. The number of fused-ring (bicyclic) bond motifs is 1. The molecule has 164 valence electrons. The fourth-order valence-electron chi connectivity index (χ4n) is 3.66. The fraction of sp³-hybridized carbons (Fsp3) is 0.174. The second-order valence-electron chi connectivity index (χ2n) is 7.02. The highest BCUT2D eigenvalue weighted by Crippen LogP contribution is 2.37. The quantitative estimate of drug-likeness (QED) is 0.592. The third kappa shape index (κ3) is 3.72. The summed E-state index contributed by atoms with van der Waals surface area (Å²) in [7, 11) is 2.78. The third-order valence-corrected chi connectivity index (χ3v) is 6.35. The molecule has 1 aliphatic heterocycles. The lowest BCUT2D eigenvalue weighted by Crippen LogP contribution is -2.40. The van der Waals surface area contributed by atoms with Gasteiger partial charge in [-0.15, -0.1) is 0 Å². The molecule has 0 saturated carbocycles. The summed E-state index contributed by atoms with van der Waals surface area (Å²) in [5.74, 6) is -0.0862. The molecule has 0 unspecified atom stereocenters. The minimum Gasteiger partial charge on any atom is -0.507 e. The third-order valence-electron chi connectivity index (χ3n) is 5.14. The maximum absolute atomic E-state index is 13.5. The molecule has 1 aromatic heterocycles. The van der Waals surface area contributed by atoms with E-state index in [2.05, 4.69) is 4.99 Å². The van der Waals surface area contributed by atoms with E-state index in [9.17, 15) is 14.7 Å². The summed E-state index contributed by atoms with van der Waals surface area (Å²) in [5.41, 5.74) is 1.32. The van der Waals surface area contributed by atoms with Gasteiger partial charge in [-0.25, -0.2) is 9.79 Å². The van der Waals surface area contributed by atoms with Crippen LogP contribution < -0.4 is 19.6 Å². The van der Waals surface area contributed by atoms with Crippen LogP contribution in [-0.4, -0.2) is 29.9 Å². The van der Waals surface area contributed by atoms with Crippen molar-refractivity contribution in [1.82, 2.24) is 4.57 Å². The average Bonchev–Trinajstić information content (AvgIpc) is 3.08. The fourth-order valence-corrected chi connectivity index (χ4v) is 4.87. The molecule has 0 fully saturated rings. The zero-order valence-corrected chi connectivity index (χ0v) is 19.0. The van der Waals surface area contributed by atoms with E-state index in [1.807, 2.05) is 0 Å². The maximum Gasteiger partial charge on any atom is 0.338 e. The number of halogens is 1. The molecule has 0 saturated heterocycles. The Hall–Kier alpha value is -3.36. The Morgan fingerprint density at radius 2 is 2.00 bits per heavy atom. The summed E-state index contributed by atoms with van der Waals surface area (Å²) in [4.78, 5) is 31.2. The van der Waals surface area contributed by atoms with Crippen LogP contribution in [0.2, 0.25) is 5.02 Å². The molecule has 0 bridgehead atoms. The molecule has 7 nitrogen and oxygen atoms in total.